The summed E-state index contributed by atoms with van der Waals surface area (Å²) >= 11 is 5.74. The van der Waals surface area contributed by atoms with Crippen LogP contribution >= 0.6 is 12.2 Å². The van der Waals surface area contributed by atoms with Crippen molar-refractivity contribution in [3.05, 3.63) is 105 Å². The van der Waals surface area contributed by atoms with Crippen molar-refractivity contribution in [2.45, 2.75) is 24.8 Å². The highest BCUT2D eigenvalue weighted by atomic mass is 32.1. The molecule has 162 valence electrons. The molecule has 0 aliphatic carbocycles. The Labute approximate surface area is 191 Å². The first kappa shape index (κ1) is 20.5. The molecular weight excluding hydrogens is 418 g/mol. The van der Waals surface area contributed by atoms with E-state index < -0.39 is 0 Å². The number of hydrogen-bond acceptors (Lipinski definition) is 4. The van der Waals surface area contributed by atoms with Crippen LogP contribution in [0.15, 0.2) is 84.1 Å². The van der Waals surface area contributed by atoms with Crippen LogP contribution in [0, 0.1) is 4.64 Å². The van der Waals surface area contributed by atoms with Crippen molar-refractivity contribution in [2.24, 2.45) is 0 Å². The Morgan fingerprint density at radius 2 is 1.69 bits per heavy atom. The molecule has 2 aromatic heterocycles. The first-order valence-corrected chi connectivity index (χ1v) is 11.3. The molecule has 7 heteroatoms. The summed E-state index contributed by atoms with van der Waals surface area (Å²) in [6, 6.07) is 20.6. The topological polar surface area (TPSA) is 69.7 Å². The van der Waals surface area contributed by atoms with Gasteiger partial charge < -0.3 is 9.47 Å². The van der Waals surface area contributed by atoms with Crippen LogP contribution in [0.3, 0.4) is 0 Å². The predicted molar refractivity (Wildman–Crippen MR) is 129 cm³/mol. The van der Waals surface area contributed by atoms with Crippen molar-refractivity contribution in [3.63, 3.8) is 0 Å². The van der Waals surface area contributed by atoms with Gasteiger partial charge in [-0.3, -0.25) is 15.0 Å². The number of aromatic nitrogens is 4. The Hall–Kier alpha value is -3.45. The summed E-state index contributed by atoms with van der Waals surface area (Å²) in [5, 5.41) is 5.77. The summed E-state index contributed by atoms with van der Waals surface area (Å²) in [6.07, 6.45) is 3.85. The maximum absolute atomic E-state index is 12.3. The third-order valence-corrected chi connectivity index (χ3v) is 6.81. The minimum absolute atomic E-state index is 0.233. The number of likely N-dealkylation sites (tertiary alicyclic amines) is 1. The van der Waals surface area contributed by atoms with E-state index in [1.165, 1.54) is 5.56 Å². The fraction of sp³-hybridized carbons (Fsp3) is 0.240. The third kappa shape index (κ3) is 3.69. The average molecular weight is 444 g/mol. The molecule has 6 nitrogen and oxygen atoms in total. The van der Waals surface area contributed by atoms with Crippen LogP contribution in [0.25, 0.3) is 11.0 Å². The lowest BCUT2D eigenvalue weighted by Crippen LogP contribution is -2.35. The number of nitrogens with one attached hydrogen (secondary N) is 2. The van der Waals surface area contributed by atoms with E-state index in [-0.39, 0.29) is 11.6 Å². The monoisotopic (exact) mass is 443 g/mol. The number of H-pyrrole nitrogens is 2. The van der Waals surface area contributed by atoms with Crippen molar-refractivity contribution in [2.75, 3.05) is 13.1 Å². The van der Waals surface area contributed by atoms with Gasteiger partial charge in [0.15, 0.2) is 5.65 Å². The highest BCUT2D eigenvalue weighted by molar-refractivity contribution is 7.71. The van der Waals surface area contributed by atoms with E-state index in [9.17, 15) is 4.79 Å². The highest BCUT2D eigenvalue weighted by Crippen LogP contribution is 2.34. The van der Waals surface area contributed by atoms with Gasteiger partial charge in [0.25, 0.3) is 5.56 Å². The number of rotatable bonds is 5. The zero-order valence-corrected chi connectivity index (χ0v) is 18.5. The summed E-state index contributed by atoms with van der Waals surface area (Å²) in [6.45, 7) is 6.35. The zero-order valence-electron chi connectivity index (χ0n) is 17.7. The molecule has 0 radical (unpaired) electrons. The van der Waals surface area contributed by atoms with Gasteiger partial charge in [-0.15, -0.1) is 0 Å². The largest absolute Gasteiger partial charge is 0.373 e. The van der Waals surface area contributed by atoms with Gasteiger partial charge in [-0.25, -0.2) is 4.98 Å². The van der Waals surface area contributed by atoms with Gasteiger partial charge in [-0.05, 0) is 29.9 Å². The summed E-state index contributed by atoms with van der Waals surface area (Å²) < 4.78 is 2.34. The van der Waals surface area contributed by atoms with Crippen LogP contribution in [-0.4, -0.2) is 37.7 Å². The Kier molecular flexibility index (Phi) is 5.49. The van der Waals surface area contributed by atoms with E-state index in [4.69, 9.17) is 12.2 Å². The second-order valence-corrected chi connectivity index (χ2v) is 8.62. The second-order valence-electron chi connectivity index (χ2n) is 8.24. The zero-order chi connectivity index (χ0) is 22.1. The van der Waals surface area contributed by atoms with Crippen molar-refractivity contribution >= 4 is 23.3 Å². The molecule has 32 heavy (non-hydrogen) atoms. The molecule has 4 aromatic rings. The van der Waals surface area contributed by atoms with Gasteiger partial charge in [0, 0.05) is 18.8 Å². The molecule has 0 spiro atoms. The van der Waals surface area contributed by atoms with Crippen molar-refractivity contribution in [3.8, 4) is 0 Å². The summed E-state index contributed by atoms with van der Waals surface area (Å²) in [5.74, 6) is 0.564. The summed E-state index contributed by atoms with van der Waals surface area (Å²) in [4.78, 5) is 19.1. The van der Waals surface area contributed by atoms with Crippen molar-refractivity contribution < 1.29 is 0 Å². The van der Waals surface area contributed by atoms with E-state index >= 15 is 0 Å². The molecule has 1 atom stereocenters. The van der Waals surface area contributed by atoms with Crippen LogP contribution in [0.2, 0.25) is 0 Å². The number of aromatic amines is 2. The van der Waals surface area contributed by atoms with Crippen LogP contribution in [0.4, 0.5) is 0 Å². The number of allylic oxidation sites excluding steroid dienone is 1. The Bertz CT molecular complexity index is 1350. The minimum atomic E-state index is -0.257. The van der Waals surface area contributed by atoms with Gasteiger partial charge in [0.2, 0.25) is 0 Å². The molecule has 0 saturated carbocycles. The molecule has 1 aliphatic rings. The minimum Gasteiger partial charge on any atom is -0.373 e. The van der Waals surface area contributed by atoms with Gasteiger partial charge in [-0.1, -0.05) is 79.5 Å². The number of piperidine rings is 1. The fourth-order valence-electron chi connectivity index (χ4n) is 4.68. The molecule has 1 saturated heterocycles. The van der Waals surface area contributed by atoms with E-state index in [1.807, 2.05) is 22.8 Å². The Balaban J connectivity index is 1.48. The number of hydrogen-bond donors (Lipinski definition) is 2. The lowest BCUT2D eigenvalue weighted by molar-refractivity contribution is 0.245. The fourth-order valence-corrected chi connectivity index (χ4v) is 5.02. The molecule has 1 unspecified atom stereocenters. The Morgan fingerprint density at radius 1 is 1.03 bits per heavy atom. The molecule has 1 aliphatic heterocycles. The van der Waals surface area contributed by atoms with E-state index in [1.54, 1.807) is 6.33 Å². The summed E-state index contributed by atoms with van der Waals surface area (Å²) in [5.41, 5.74) is 3.64. The number of fused-ring (bicyclic) bond motifs is 1. The Morgan fingerprint density at radius 3 is 2.38 bits per heavy atom. The lowest BCUT2D eigenvalue weighted by Gasteiger charge is -2.38. The molecule has 5 rings (SSSR count). The predicted octanol–water partition coefficient (Wildman–Crippen LogP) is 4.76. The van der Waals surface area contributed by atoms with Crippen molar-refractivity contribution in [1.82, 2.24) is 24.6 Å². The molecule has 3 heterocycles. The van der Waals surface area contributed by atoms with Gasteiger partial charge in [0.05, 0.1) is 6.33 Å². The molecule has 2 N–H and O–H groups in total. The molecule has 1 fully saturated rings. The third-order valence-electron chi connectivity index (χ3n) is 6.40. The SMILES string of the molecule is C=C(C(c1ccccc1)n1cnc2[nH][nH]c(=O)c2c1=S)N1CCC(c2ccccc2)CC1. The van der Waals surface area contributed by atoms with Crippen LogP contribution in [-0.2, 0) is 0 Å². The smallest absolute Gasteiger partial charge is 0.276 e. The van der Waals surface area contributed by atoms with Crippen LogP contribution in [0.1, 0.15) is 35.9 Å². The number of benzene rings is 2. The first-order chi connectivity index (χ1) is 15.6. The molecule has 2 aromatic carbocycles. The van der Waals surface area contributed by atoms with Gasteiger partial charge in [0.1, 0.15) is 16.1 Å². The second kappa shape index (κ2) is 8.59. The average Bonchev–Trinajstić information content (AvgIpc) is 3.23. The van der Waals surface area contributed by atoms with Crippen molar-refractivity contribution in [1.29, 1.82) is 0 Å². The highest BCUT2D eigenvalue weighted by Gasteiger charge is 2.27. The van der Waals surface area contributed by atoms with Gasteiger partial charge >= 0.3 is 0 Å². The van der Waals surface area contributed by atoms with E-state index in [2.05, 4.69) is 69.1 Å². The molecule has 0 amide bonds. The lowest BCUT2D eigenvalue weighted by atomic mass is 9.89. The standard InChI is InChI=1S/C25H25N5OS/c1-17(29-14-12-19(13-15-29)18-8-4-2-5-9-18)22(20-10-6-3-7-11-20)30-16-26-23-21(25(30)32)24(31)28-27-23/h2-11,16,19,22H,1,12-15H2,(H2,27,28,31). The van der Waals surface area contributed by atoms with E-state index in [0.29, 0.717) is 21.6 Å². The normalized spacial score (nSPS) is 15.7. The summed E-state index contributed by atoms with van der Waals surface area (Å²) in [7, 11) is 0. The molecular formula is C25H25N5OS. The molecule has 0 bridgehead atoms. The number of nitrogens with zero attached hydrogens (tertiary/aromatic N) is 3. The van der Waals surface area contributed by atoms with Crippen LogP contribution < -0.4 is 5.56 Å². The van der Waals surface area contributed by atoms with E-state index in [0.717, 1.165) is 37.2 Å². The van der Waals surface area contributed by atoms with Crippen LogP contribution in [0.5, 0.6) is 0 Å². The maximum Gasteiger partial charge on any atom is 0.276 e. The van der Waals surface area contributed by atoms with Gasteiger partial charge in [-0.2, -0.15) is 0 Å². The quantitative estimate of drug-likeness (QED) is 0.436. The maximum atomic E-state index is 12.3. The first-order valence-electron chi connectivity index (χ1n) is 10.8.